The van der Waals surface area contributed by atoms with Crippen molar-refractivity contribution in [2.24, 2.45) is 0 Å². The van der Waals surface area contributed by atoms with E-state index in [1.165, 1.54) is 7.05 Å². The number of carbonyl (C=O) groups is 2. The molecule has 126 valence electrons. The van der Waals surface area contributed by atoms with Gasteiger partial charge in [0.25, 0.3) is 0 Å². The first-order valence-electron chi connectivity index (χ1n) is 7.48. The third-order valence-electron chi connectivity index (χ3n) is 4.24. The molecule has 2 rings (SSSR count). The van der Waals surface area contributed by atoms with E-state index in [1.807, 2.05) is 4.90 Å². The topological polar surface area (TPSA) is 90.0 Å². The summed E-state index contributed by atoms with van der Waals surface area (Å²) in [4.78, 5) is 27.7. The molecule has 0 aromatic carbocycles. The number of hydrogen-bond acceptors (Lipinski definition) is 5. The van der Waals surface area contributed by atoms with Gasteiger partial charge >= 0.3 is 0 Å². The SMILES string of the molecule is CN(CC(=O)N1CCCC(N2CCNCC2=O)C1)S(C)(=O)=O. The maximum atomic E-state index is 12.3. The third kappa shape index (κ3) is 4.17. The predicted octanol–water partition coefficient (Wildman–Crippen LogP) is -1.70. The van der Waals surface area contributed by atoms with Gasteiger partial charge in [-0.2, -0.15) is 4.31 Å². The Hall–Kier alpha value is -1.19. The minimum absolute atomic E-state index is 0.0378. The zero-order valence-corrected chi connectivity index (χ0v) is 13.9. The minimum atomic E-state index is -3.37. The number of piperazine rings is 1. The fourth-order valence-electron chi connectivity index (χ4n) is 2.85. The highest BCUT2D eigenvalue weighted by atomic mass is 32.2. The molecule has 0 aliphatic carbocycles. The maximum absolute atomic E-state index is 12.3. The fraction of sp³-hybridized carbons (Fsp3) is 0.846. The number of piperidine rings is 1. The fourth-order valence-corrected chi connectivity index (χ4v) is 3.20. The summed E-state index contributed by atoms with van der Waals surface area (Å²) in [6.45, 7) is 2.74. The van der Waals surface area contributed by atoms with Crippen molar-refractivity contribution in [1.82, 2.24) is 19.4 Å². The molecule has 2 aliphatic rings. The lowest BCUT2D eigenvalue weighted by Gasteiger charge is -2.41. The zero-order valence-electron chi connectivity index (χ0n) is 13.1. The van der Waals surface area contributed by atoms with Gasteiger partial charge < -0.3 is 15.1 Å². The van der Waals surface area contributed by atoms with Gasteiger partial charge in [-0.1, -0.05) is 0 Å². The number of nitrogens with zero attached hydrogens (tertiary/aromatic N) is 3. The molecular weight excluding hydrogens is 308 g/mol. The number of likely N-dealkylation sites (N-methyl/N-ethyl adjacent to an activating group) is 1. The van der Waals surface area contributed by atoms with E-state index in [9.17, 15) is 18.0 Å². The average Bonchev–Trinajstić information content (AvgIpc) is 2.47. The van der Waals surface area contributed by atoms with Crippen LogP contribution in [0.2, 0.25) is 0 Å². The monoisotopic (exact) mass is 332 g/mol. The Morgan fingerprint density at radius 3 is 2.77 bits per heavy atom. The van der Waals surface area contributed by atoms with E-state index < -0.39 is 10.0 Å². The van der Waals surface area contributed by atoms with E-state index in [-0.39, 0.29) is 24.4 Å². The highest BCUT2D eigenvalue weighted by Gasteiger charge is 2.32. The van der Waals surface area contributed by atoms with Crippen molar-refractivity contribution in [3.63, 3.8) is 0 Å². The lowest BCUT2D eigenvalue weighted by Crippen LogP contribution is -2.58. The quantitative estimate of drug-likeness (QED) is 0.663. The van der Waals surface area contributed by atoms with E-state index in [2.05, 4.69) is 5.32 Å². The van der Waals surface area contributed by atoms with Crippen LogP contribution in [0.4, 0.5) is 0 Å². The van der Waals surface area contributed by atoms with Crippen molar-refractivity contribution < 1.29 is 18.0 Å². The summed E-state index contributed by atoms with van der Waals surface area (Å²) >= 11 is 0. The second-order valence-corrected chi connectivity index (χ2v) is 8.01. The molecule has 1 N–H and O–H groups in total. The summed E-state index contributed by atoms with van der Waals surface area (Å²) < 4.78 is 23.8. The van der Waals surface area contributed by atoms with Gasteiger partial charge in [-0.05, 0) is 12.8 Å². The highest BCUT2D eigenvalue weighted by Crippen LogP contribution is 2.17. The Balaban J connectivity index is 1.95. The van der Waals surface area contributed by atoms with Crippen molar-refractivity contribution in [3.05, 3.63) is 0 Å². The van der Waals surface area contributed by atoms with E-state index in [4.69, 9.17) is 0 Å². The number of hydrogen-bond donors (Lipinski definition) is 1. The molecule has 0 spiro atoms. The number of sulfonamides is 1. The number of amides is 2. The van der Waals surface area contributed by atoms with E-state index >= 15 is 0 Å². The summed E-state index contributed by atoms with van der Waals surface area (Å²) in [5, 5.41) is 3.04. The Bertz CT molecular complexity index is 536. The molecule has 0 aromatic rings. The Morgan fingerprint density at radius 1 is 1.41 bits per heavy atom. The largest absolute Gasteiger partial charge is 0.339 e. The summed E-state index contributed by atoms with van der Waals surface area (Å²) in [5.74, 6) is -0.140. The molecule has 1 unspecified atom stereocenters. The second kappa shape index (κ2) is 6.93. The standard InChI is InChI=1S/C13H24N4O4S/c1-15(22(2,20)21)10-13(19)16-6-3-4-11(9-16)17-7-5-14-8-12(17)18/h11,14H,3-10H2,1-2H3. The van der Waals surface area contributed by atoms with Crippen LogP contribution in [0.3, 0.4) is 0 Å². The van der Waals surface area contributed by atoms with Gasteiger partial charge in [0.2, 0.25) is 21.8 Å². The van der Waals surface area contributed by atoms with Crippen LogP contribution in [-0.4, -0.2) is 93.0 Å². The summed E-state index contributed by atoms with van der Waals surface area (Å²) in [6, 6.07) is 0.0378. The first-order valence-corrected chi connectivity index (χ1v) is 9.33. The highest BCUT2D eigenvalue weighted by molar-refractivity contribution is 7.88. The van der Waals surface area contributed by atoms with Gasteiger partial charge in [-0.15, -0.1) is 0 Å². The van der Waals surface area contributed by atoms with Gasteiger partial charge in [-0.25, -0.2) is 8.42 Å². The number of nitrogens with one attached hydrogen (secondary N) is 1. The van der Waals surface area contributed by atoms with Gasteiger partial charge in [0, 0.05) is 39.3 Å². The molecule has 9 heteroatoms. The van der Waals surface area contributed by atoms with Gasteiger partial charge in [0.15, 0.2) is 0 Å². The smallest absolute Gasteiger partial charge is 0.237 e. The maximum Gasteiger partial charge on any atom is 0.237 e. The summed E-state index contributed by atoms with van der Waals surface area (Å²) in [7, 11) is -1.97. The van der Waals surface area contributed by atoms with Crippen molar-refractivity contribution in [2.75, 3.05) is 52.6 Å². The molecule has 0 aromatic heterocycles. The normalized spacial score (nSPS) is 24.0. The van der Waals surface area contributed by atoms with Crippen molar-refractivity contribution >= 4 is 21.8 Å². The molecule has 2 aliphatic heterocycles. The summed E-state index contributed by atoms with van der Waals surface area (Å²) in [5.41, 5.74) is 0. The van der Waals surface area contributed by atoms with E-state index in [0.29, 0.717) is 26.2 Å². The van der Waals surface area contributed by atoms with Crippen LogP contribution in [-0.2, 0) is 19.6 Å². The van der Waals surface area contributed by atoms with Crippen LogP contribution in [0.5, 0.6) is 0 Å². The average molecular weight is 332 g/mol. The zero-order chi connectivity index (χ0) is 16.3. The molecule has 0 bridgehead atoms. The van der Waals surface area contributed by atoms with Crippen LogP contribution >= 0.6 is 0 Å². The molecule has 0 radical (unpaired) electrons. The van der Waals surface area contributed by atoms with Crippen molar-refractivity contribution in [1.29, 1.82) is 0 Å². The van der Waals surface area contributed by atoms with Crippen LogP contribution < -0.4 is 5.32 Å². The number of likely N-dealkylation sites (tertiary alicyclic amines) is 1. The Labute approximate surface area is 131 Å². The van der Waals surface area contributed by atoms with Gasteiger partial charge in [0.05, 0.1) is 19.3 Å². The molecule has 2 amide bonds. The molecule has 2 fully saturated rings. The summed E-state index contributed by atoms with van der Waals surface area (Å²) in [6.07, 6.45) is 2.80. The molecule has 2 saturated heterocycles. The predicted molar refractivity (Wildman–Crippen MR) is 81.7 cm³/mol. The molecule has 2 heterocycles. The lowest BCUT2D eigenvalue weighted by atomic mass is 10.0. The second-order valence-electron chi connectivity index (χ2n) is 5.92. The van der Waals surface area contributed by atoms with Crippen molar-refractivity contribution in [2.45, 2.75) is 18.9 Å². The van der Waals surface area contributed by atoms with E-state index in [0.717, 1.165) is 29.9 Å². The molecule has 22 heavy (non-hydrogen) atoms. The van der Waals surface area contributed by atoms with Crippen LogP contribution in [0, 0.1) is 0 Å². The first-order chi connectivity index (χ1) is 10.3. The van der Waals surface area contributed by atoms with Crippen molar-refractivity contribution in [3.8, 4) is 0 Å². The molecule has 0 saturated carbocycles. The number of rotatable bonds is 4. The Morgan fingerprint density at radius 2 is 2.14 bits per heavy atom. The van der Waals surface area contributed by atoms with Gasteiger partial charge in [-0.3, -0.25) is 9.59 Å². The minimum Gasteiger partial charge on any atom is -0.339 e. The number of carbonyl (C=O) groups excluding carboxylic acids is 2. The molecule has 1 atom stereocenters. The third-order valence-corrected chi connectivity index (χ3v) is 5.50. The van der Waals surface area contributed by atoms with Crippen LogP contribution in [0.15, 0.2) is 0 Å². The lowest BCUT2D eigenvalue weighted by molar-refractivity contribution is -0.140. The van der Waals surface area contributed by atoms with Crippen LogP contribution in [0.1, 0.15) is 12.8 Å². The van der Waals surface area contributed by atoms with Gasteiger partial charge in [0.1, 0.15) is 0 Å². The van der Waals surface area contributed by atoms with E-state index in [1.54, 1.807) is 4.90 Å². The van der Waals surface area contributed by atoms with Crippen LogP contribution in [0.25, 0.3) is 0 Å². The Kier molecular flexibility index (Phi) is 5.41. The first kappa shape index (κ1) is 17.2. The molecule has 8 nitrogen and oxygen atoms in total. The molecular formula is C13H24N4O4S.